The third kappa shape index (κ3) is 5.27. The van der Waals surface area contributed by atoms with Crippen LogP contribution in [0.15, 0.2) is 47.6 Å². The fourth-order valence-corrected chi connectivity index (χ4v) is 4.45. The molecule has 166 valence electrons. The van der Waals surface area contributed by atoms with Crippen molar-refractivity contribution >= 4 is 17.8 Å². The van der Waals surface area contributed by atoms with E-state index in [-0.39, 0.29) is 17.5 Å². The summed E-state index contributed by atoms with van der Waals surface area (Å²) >= 11 is 0. The zero-order chi connectivity index (χ0) is 22.8. The predicted octanol–water partition coefficient (Wildman–Crippen LogP) is 5.51. The molecule has 1 aliphatic rings. The number of rotatable bonds is 5. The Kier molecular flexibility index (Phi) is 6.43. The van der Waals surface area contributed by atoms with Gasteiger partial charge >= 0.3 is 6.18 Å². The third-order valence-electron chi connectivity index (χ3n) is 5.75. The summed E-state index contributed by atoms with van der Waals surface area (Å²) in [4.78, 5) is 14.5. The maximum Gasteiger partial charge on any atom is 0.416 e. The van der Waals surface area contributed by atoms with Crippen molar-refractivity contribution in [2.45, 2.75) is 58.2 Å². The molecule has 0 saturated carbocycles. The minimum Gasteiger partial charge on any atom is -0.366 e. The number of hydrazone groups is 1. The number of benzene rings is 2. The summed E-state index contributed by atoms with van der Waals surface area (Å²) in [6.07, 6.45) is -2.00. The maximum absolute atomic E-state index is 12.8. The smallest absolute Gasteiger partial charge is 0.366 e. The summed E-state index contributed by atoms with van der Waals surface area (Å²) < 4.78 is 38.4. The molecule has 3 rings (SSSR count). The van der Waals surface area contributed by atoms with Crippen LogP contribution in [-0.4, -0.2) is 24.2 Å². The number of amides is 1. The fourth-order valence-electron chi connectivity index (χ4n) is 4.45. The van der Waals surface area contributed by atoms with Gasteiger partial charge in [0.15, 0.2) is 0 Å². The third-order valence-corrected chi connectivity index (χ3v) is 5.75. The van der Waals surface area contributed by atoms with Gasteiger partial charge in [0.1, 0.15) is 0 Å². The number of hydrogen-bond donors (Lipinski definition) is 1. The second-order valence-corrected chi connectivity index (χ2v) is 8.65. The van der Waals surface area contributed by atoms with E-state index in [0.29, 0.717) is 5.92 Å². The van der Waals surface area contributed by atoms with E-state index in [1.54, 1.807) is 6.21 Å². The Bertz CT molecular complexity index is 982. The molecule has 0 bridgehead atoms. The summed E-state index contributed by atoms with van der Waals surface area (Å²) in [5, 5.41) is 3.99. The minimum absolute atomic E-state index is 0.0914. The molecule has 0 aromatic heterocycles. The molecular formula is C24H28F3N3O. The first-order chi connectivity index (χ1) is 14.5. The molecule has 0 fully saturated rings. The number of fused-ring (bicyclic) bond motifs is 1. The molecule has 0 radical (unpaired) electrons. The number of hydrogen-bond acceptors (Lipinski definition) is 3. The highest BCUT2D eigenvalue weighted by Gasteiger charge is 2.35. The van der Waals surface area contributed by atoms with E-state index in [0.717, 1.165) is 30.7 Å². The number of carbonyl (C=O) groups excluding carboxylic acids is 1. The van der Waals surface area contributed by atoms with Crippen molar-refractivity contribution in [1.29, 1.82) is 0 Å². The first-order valence-electron chi connectivity index (χ1n) is 10.4. The second kappa shape index (κ2) is 8.73. The number of carbonyl (C=O) groups is 1. The molecule has 2 aromatic carbocycles. The Morgan fingerprint density at radius 3 is 2.68 bits per heavy atom. The van der Waals surface area contributed by atoms with Gasteiger partial charge in [-0.1, -0.05) is 31.2 Å². The quantitative estimate of drug-likeness (QED) is 0.501. The van der Waals surface area contributed by atoms with Gasteiger partial charge in [-0.3, -0.25) is 4.79 Å². The van der Waals surface area contributed by atoms with E-state index in [9.17, 15) is 18.0 Å². The molecule has 0 spiro atoms. The Hall–Kier alpha value is -2.83. The van der Waals surface area contributed by atoms with Crippen LogP contribution < -0.4 is 10.3 Å². The van der Waals surface area contributed by atoms with Gasteiger partial charge in [0.05, 0.1) is 18.2 Å². The van der Waals surface area contributed by atoms with Gasteiger partial charge in [0, 0.05) is 17.8 Å². The monoisotopic (exact) mass is 431 g/mol. The zero-order valence-corrected chi connectivity index (χ0v) is 18.3. The Balaban J connectivity index is 1.67. The molecule has 1 N–H and O–H groups in total. The molecule has 1 atom stereocenters. The lowest BCUT2D eigenvalue weighted by Crippen LogP contribution is -2.48. The van der Waals surface area contributed by atoms with E-state index in [1.165, 1.54) is 23.4 Å². The summed E-state index contributed by atoms with van der Waals surface area (Å²) in [5.74, 6) is -0.0718. The van der Waals surface area contributed by atoms with Crippen LogP contribution in [0.5, 0.6) is 0 Å². The Morgan fingerprint density at radius 2 is 2.00 bits per heavy atom. The molecule has 1 heterocycles. The van der Waals surface area contributed by atoms with Gasteiger partial charge in [0.2, 0.25) is 5.91 Å². The van der Waals surface area contributed by atoms with Crippen LogP contribution in [0.3, 0.4) is 0 Å². The standard InChI is InChI=1S/C24H28F3N3O/c1-5-30-21-10-9-18(12-20(21)16(2)14-23(30,3)4)15-28-29-22(31)13-17-7-6-8-19(11-17)24(25,26)27/h6-12,15-16H,5,13-14H2,1-4H3,(H,29,31)/b28-15+. The van der Waals surface area contributed by atoms with E-state index >= 15 is 0 Å². The van der Waals surface area contributed by atoms with E-state index < -0.39 is 17.6 Å². The highest BCUT2D eigenvalue weighted by atomic mass is 19.4. The van der Waals surface area contributed by atoms with Crippen LogP contribution in [0, 0.1) is 0 Å². The normalized spacial score (nSPS) is 18.2. The SMILES string of the molecule is CCN1c2ccc(/C=N/NC(=O)Cc3cccc(C(F)(F)F)c3)cc2C(C)CC1(C)C. The van der Waals surface area contributed by atoms with Crippen molar-refractivity contribution in [2.24, 2.45) is 5.10 Å². The largest absolute Gasteiger partial charge is 0.416 e. The first kappa shape index (κ1) is 22.8. The van der Waals surface area contributed by atoms with Crippen LogP contribution in [-0.2, 0) is 17.4 Å². The van der Waals surface area contributed by atoms with Gasteiger partial charge < -0.3 is 4.90 Å². The molecule has 7 heteroatoms. The molecule has 4 nitrogen and oxygen atoms in total. The molecule has 2 aromatic rings. The number of halogens is 3. The lowest BCUT2D eigenvalue weighted by Gasteiger charge is -2.47. The fraction of sp³-hybridized carbons (Fsp3) is 0.417. The maximum atomic E-state index is 12.8. The minimum atomic E-state index is -4.43. The van der Waals surface area contributed by atoms with Crippen molar-refractivity contribution in [1.82, 2.24) is 5.43 Å². The van der Waals surface area contributed by atoms with Crippen LogP contribution in [0.1, 0.15) is 62.3 Å². The van der Waals surface area contributed by atoms with Crippen molar-refractivity contribution in [3.8, 4) is 0 Å². The van der Waals surface area contributed by atoms with Gasteiger partial charge in [-0.05, 0) is 68.0 Å². The predicted molar refractivity (Wildman–Crippen MR) is 117 cm³/mol. The summed E-state index contributed by atoms with van der Waals surface area (Å²) in [6.45, 7) is 9.80. The molecule has 0 saturated heterocycles. The van der Waals surface area contributed by atoms with Gasteiger partial charge in [-0.25, -0.2) is 5.43 Å². The Labute approximate surface area is 181 Å². The lowest BCUT2D eigenvalue weighted by atomic mass is 9.79. The van der Waals surface area contributed by atoms with Crippen molar-refractivity contribution < 1.29 is 18.0 Å². The van der Waals surface area contributed by atoms with Crippen molar-refractivity contribution in [3.63, 3.8) is 0 Å². The van der Waals surface area contributed by atoms with Gasteiger partial charge in [-0.15, -0.1) is 0 Å². The lowest BCUT2D eigenvalue weighted by molar-refractivity contribution is -0.137. The van der Waals surface area contributed by atoms with Gasteiger partial charge in [-0.2, -0.15) is 18.3 Å². The Morgan fingerprint density at radius 1 is 1.26 bits per heavy atom. The number of anilines is 1. The summed E-state index contributed by atoms with van der Waals surface area (Å²) in [5.41, 5.74) is 5.34. The molecular weight excluding hydrogens is 403 g/mol. The van der Waals surface area contributed by atoms with Crippen molar-refractivity contribution in [3.05, 3.63) is 64.7 Å². The molecule has 1 aliphatic heterocycles. The van der Waals surface area contributed by atoms with Gasteiger partial charge in [0.25, 0.3) is 0 Å². The average molecular weight is 432 g/mol. The number of nitrogens with one attached hydrogen (secondary N) is 1. The van der Waals surface area contributed by atoms with Crippen molar-refractivity contribution in [2.75, 3.05) is 11.4 Å². The molecule has 31 heavy (non-hydrogen) atoms. The first-order valence-corrected chi connectivity index (χ1v) is 10.4. The summed E-state index contributed by atoms with van der Waals surface area (Å²) in [7, 11) is 0. The molecule has 1 amide bonds. The highest BCUT2D eigenvalue weighted by Crippen LogP contribution is 2.43. The van der Waals surface area contributed by atoms with Crippen LogP contribution in [0.4, 0.5) is 18.9 Å². The molecule has 1 unspecified atom stereocenters. The average Bonchev–Trinajstić information content (AvgIpc) is 2.67. The topological polar surface area (TPSA) is 44.7 Å². The zero-order valence-electron chi connectivity index (χ0n) is 18.3. The van der Waals surface area contributed by atoms with Crippen LogP contribution >= 0.6 is 0 Å². The number of alkyl halides is 3. The van der Waals surface area contributed by atoms with Crippen LogP contribution in [0.25, 0.3) is 0 Å². The van der Waals surface area contributed by atoms with E-state index in [1.807, 2.05) is 6.07 Å². The molecule has 0 aliphatic carbocycles. The van der Waals surface area contributed by atoms with E-state index in [2.05, 4.69) is 55.3 Å². The van der Waals surface area contributed by atoms with E-state index in [4.69, 9.17) is 0 Å². The highest BCUT2D eigenvalue weighted by molar-refractivity contribution is 5.84. The number of nitrogens with zero attached hydrogens (tertiary/aromatic N) is 2. The van der Waals surface area contributed by atoms with Crippen LogP contribution in [0.2, 0.25) is 0 Å². The summed E-state index contributed by atoms with van der Waals surface area (Å²) in [6, 6.07) is 10.9. The second-order valence-electron chi connectivity index (χ2n) is 8.65.